The lowest BCUT2D eigenvalue weighted by Gasteiger charge is -2.25. The monoisotopic (exact) mass is 422 g/mol. The number of carbonyl (C=O) groups is 2. The Hall–Kier alpha value is -3.50. The Morgan fingerprint density at radius 1 is 1.23 bits per heavy atom. The summed E-state index contributed by atoms with van der Waals surface area (Å²) in [7, 11) is 0. The van der Waals surface area contributed by atoms with Crippen molar-refractivity contribution in [2.45, 2.75) is 19.4 Å². The number of hydrogen-bond donors (Lipinski definition) is 1. The van der Waals surface area contributed by atoms with Crippen molar-refractivity contribution in [2.75, 3.05) is 34.8 Å². The molecule has 0 unspecified atom stereocenters. The molecule has 1 aromatic carbocycles. The molecule has 3 heterocycles. The molecule has 0 radical (unpaired) electrons. The number of aryl methyl sites for hydroxylation is 1. The molecular weight excluding hydrogens is 405 g/mol. The van der Waals surface area contributed by atoms with Gasteiger partial charge in [-0.05, 0) is 13.0 Å². The average Bonchev–Trinajstić information content (AvgIpc) is 3.29. The fourth-order valence-corrected chi connectivity index (χ4v) is 3.27. The summed E-state index contributed by atoms with van der Waals surface area (Å²) in [6.07, 6.45) is 0.795. The highest BCUT2D eigenvalue weighted by molar-refractivity contribution is 5.92. The first-order valence-corrected chi connectivity index (χ1v) is 9.14. The Balaban J connectivity index is 1.53. The van der Waals surface area contributed by atoms with Crippen molar-refractivity contribution >= 4 is 29.1 Å². The molecule has 11 heteroatoms. The number of ketones is 1. The number of allylic oxidation sites excluding steroid dienone is 1. The molecular formula is C19H17F3N4O4. The molecule has 2 aliphatic heterocycles. The zero-order valence-corrected chi connectivity index (χ0v) is 15.8. The Morgan fingerprint density at radius 2 is 2.03 bits per heavy atom. The second-order valence-corrected chi connectivity index (χ2v) is 6.90. The van der Waals surface area contributed by atoms with Crippen LogP contribution in [0.5, 0.6) is 0 Å². The van der Waals surface area contributed by atoms with Crippen LogP contribution in [0.2, 0.25) is 0 Å². The predicted octanol–water partition coefficient (Wildman–Crippen LogP) is 3.13. The Labute approximate surface area is 168 Å². The van der Waals surface area contributed by atoms with Crippen LogP contribution in [0.4, 0.5) is 35.2 Å². The van der Waals surface area contributed by atoms with E-state index < -0.39 is 41.0 Å². The summed E-state index contributed by atoms with van der Waals surface area (Å²) in [5.41, 5.74) is -1.18. The molecule has 1 amide bonds. The Bertz CT molecular complexity index is 1040. The molecule has 8 nitrogen and oxygen atoms in total. The van der Waals surface area contributed by atoms with E-state index in [9.17, 15) is 22.8 Å². The van der Waals surface area contributed by atoms with Crippen molar-refractivity contribution in [3.05, 3.63) is 47.6 Å². The summed E-state index contributed by atoms with van der Waals surface area (Å²) in [5.74, 6) is -3.06. The number of halogens is 3. The normalized spacial score (nSPS) is 18.9. The predicted molar refractivity (Wildman–Crippen MR) is 99.8 cm³/mol. The molecule has 0 spiro atoms. The third-order valence-electron chi connectivity index (χ3n) is 4.75. The summed E-state index contributed by atoms with van der Waals surface area (Å²) >= 11 is 0. The van der Waals surface area contributed by atoms with Gasteiger partial charge >= 0.3 is 6.09 Å². The van der Waals surface area contributed by atoms with Crippen LogP contribution in [-0.4, -0.2) is 42.8 Å². The van der Waals surface area contributed by atoms with Gasteiger partial charge in [-0.1, -0.05) is 5.16 Å². The van der Waals surface area contributed by atoms with E-state index in [2.05, 4.69) is 10.5 Å². The van der Waals surface area contributed by atoms with E-state index in [-0.39, 0.29) is 31.8 Å². The third kappa shape index (κ3) is 3.70. The third-order valence-corrected chi connectivity index (χ3v) is 4.75. The molecule has 0 bridgehead atoms. The zero-order valence-electron chi connectivity index (χ0n) is 15.8. The summed E-state index contributed by atoms with van der Waals surface area (Å²) in [6.45, 7) is 1.76. The summed E-state index contributed by atoms with van der Waals surface area (Å²) < 4.78 is 54.1. The Kier molecular flexibility index (Phi) is 5.10. The number of amides is 1. The van der Waals surface area contributed by atoms with E-state index in [4.69, 9.17) is 9.26 Å². The molecule has 30 heavy (non-hydrogen) atoms. The molecule has 0 saturated carbocycles. The standard InChI is InChI=1S/C19H17F3N4O4/c1-10-6-15(24-30-10)23-8-12-9-26(19(28)29-12)14-7-13(20)18(17(22)16(14)21)25-4-2-11(27)3-5-25/h2,4,6-7,12H,3,5,8-9H2,1H3,(H,23,24)/t12-/m0/s1. The van der Waals surface area contributed by atoms with Gasteiger partial charge in [-0.15, -0.1) is 0 Å². The van der Waals surface area contributed by atoms with E-state index in [1.807, 2.05) is 0 Å². The van der Waals surface area contributed by atoms with E-state index in [0.717, 1.165) is 15.9 Å². The fraction of sp³-hybridized carbons (Fsp3) is 0.316. The SMILES string of the molecule is Cc1cc(NC[C@H]2CN(c3cc(F)c(N4C=CC(=O)CC4)c(F)c3F)C(=O)O2)no1. The maximum Gasteiger partial charge on any atom is 0.414 e. The summed E-state index contributed by atoms with van der Waals surface area (Å²) in [6, 6.07) is 2.39. The molecule has 1 N–H and O–H groups in total. The number of rotatable bonds is 5. The number of carbonyl (C=O) groups excluding carboxylic acids is 2. The quantitative estimate of drug-likeness (QED) is 0.741. The van der Waals surface area contributed by atoms with E-state index in [0.29, 0.717) is 11.6 Å². The lowest BCUT2D eigenvalue weighted by Crippen LogP contribution is -2.30. The zero-order chi connectivity index (χ0) is 21.4. The topological polar surface area (TPSA) is 87.9 Å². The van der Waals surface area contributed by atoms with Gasteiger partial charge in [0.05, 0.1) is 18.8 Å². The Morgan fingerprint density at radius 3 is 2.70 bits per heavy atom. The molecule has 1 atom stereocenters. The number of anilines is 3. The smallest absolute Gasteiger partial charge is 0.414 e. The minimum absolute atomic E-state index is 0.0168. The van der Waals surface area contributed by atoms with Crippen LogP contribution in [0.1, 0.15) is 12.2 Å². The highest BCUT2D eigenvalue weighted by Gasteiger charge is 2.36. The number of cyclic esters (lactones) is 1. The van der Waals surface area contributed by atoms with Crippen LogP contribution in [-0.2, 0) is 9.53 Å². The van der Waals surface area contributed by atoms with E-state index in [1.54, 1.807) is 13.0 Å². The number of ether oxygens (including phenoxy) is 1. The minimum Gasteiger partial charge on any atom is -0.442 e. The van der Waals surface area contributed by atoms with Gasteiger partial charge in [-0.3, -0.25) is 9.69 Å². The van der Waals surface area contributed by atoms with Gasteiger partial charge in [-0.25, -0.2) is 18.0 Å². The van der Waals surface area contributed by atoms with Crippen molar-refractivity contribution in [2.24, 2.45) is 0 Å². The molecule has 2 aromatic rings. The molecule has 158 valence electrons. The van der Waals surface area contributed by atoms with Crippen LogP contribution >= 0.6 is 0 Å². The van der Waals surface area contributed by atoms with Crippen LogP contribution in [0.25, 0.3) is 0 Å². The van der Waals surface area contributed by atoms with Crippen molar-refractivity contribution in [3.8, 4) is 0 Å². The van der Waals surface area contributed by atoms with Crippen molar-refractivity contribution < 1.29 is 32.0 Å². The number of nitrogens with zero attached hydrogens (tertiary/aromatic N) is 3. The maximum absolute atomic E-state index is 14.7. The van der Waals surface area contributed by atoms with Gasteiger partial charge in [0.25, 0.3) is 0 Å². The van der Waals surface area contributed by atoms with Crippen LogP contribution in [0.15, 0.2) is 28.9 Å². The molecule has 1 aromatic heterocycles. The fourth-order valence-electron chi connectivity index (χ4n) is 3.27. The van der Waals surface area contributed by atoms with Crippen LogP contribution in [0.3, 0.4) is 0 Å². The van der Waals surface area contributed by atoms with Crippen molar-refractivity contribution in [3.63, 3.8) is 0 Å². The molecule has 4 rings (SSSR count). The average molecular weight is 422 g/mol. The van der Waals surface area contributed by atoms with Gasteiger partial charge in [-0.2, -0.15) is 0 Å². The van der Waals surface area contributed by atoms with Crippen LogP contribution < -0.4 is 15.1 Å². The second-order valence-electron chi connectivity index (χ2n) is 6.90. The summed E-state index contributed by atoms with van der Waals surface area (Å²) in [5, 5.41) is 6.64. The molecule has 0 aliphatic carbocycles. The first-order chi connectivity index (χ1) is 14.3. The maximum atomic E-state index is 14.7. The van der Waals surface area contributed by atoms with Gasteiger partial charge < -0.3 is 19.5 Å². The molecule has 1 fully saturated rings. The first kappa shape index (κ1) is 19.8. The second kappa shape index (κ2) is 7.73. The summed E-state index contributed by atoms with van der Waals surface area (Å²) in [4.78, 5) is 25.4. The van der Waals surface area contributed by atoms with Crippen molar-refractivity contribution in [1.82, 2.24) is 5.16 Å². The van der Waals surface area contributed by atoms with Gasteiger partial charge in [0.1, 0.15) is 17.6 Å². The van der Waals surface area contributed by atoms with E-state index >= 15 is 0 Å². The lowest BCUT2D eigenvalue weighted by molar-refractivity contribution is -0.114. The largest absolute Gasteiger partial charge is 0.442 e. The number of benzene rings is 1. The van der Waals surface area contributed by atoms with Crippen molar-refractivity contribution in [1.29, 1.82) is 0 Å². The van der Waals surface area contributed by atoms with Crippen LogP contribution in [0, 0.1) is 24.4 Å². The molecule has 1 saturated heterocycles. The van der Waals surface area contributed by atoms with Gasteiger partial charge in [0.15, 0.2) is 29.1 Å². The highest BCUT2D eigenvalue weighted by Crippen LogP contribution is 2.35. The highest BCUT2D eigenvalue weighted by atomic mass is 19.2. The molecule has 2 aliphatic rings. The number of aromatic nitrogens is 1. The lowest BCUT2D eigenvalue weighted by atomic mass is 10.1. The minimum atomic E-state index is -1.45. The number of nitrogens with one attached hydrogen (secondary N) is 1. The van der Waals surface area contributed by atoms with Gasteiger partial charge in [0.2, 0.25) is 0 Å². The number of hydrogen-bond acceptors (Lipinski definition) is 7. The van der Waals surface area contributed by atoms with Gasteiger partial charge in [0, 0.05) is 31.3 Å². The van der Waals surface area contributed by atoms with E-state index in [1.165, 1.54) is 12.3 Å². The first-order valence-electron chi connectivity index (χ1n) is 9.14.